The molecule has 1 fully saturated rings. The minimum absolute atomic E-state index is 0.111. The van der Waals surface area contributed by atoms with Gasteiger partial charge < -0.3 is 14.6 Å². The van der Waals surface area contributed by atoms with Crippen molar-refractivity contribution in [1.29, 1.82) is 0 Å². The first-order valence-electron chi connectivity index (χ1n) is 13.1. The number of hydrogen-bond acceptors (Lipinski definition) is 10. The van der Waals surface area contributed by atoms with Gasteiger partial charge >= 0.3 is 11.7 Å². The van der Waals surface area contributed by atoms with Gasteiger partial charge in [0.2, 0.25) is 5.75 Å². The lowest BCUT2D eigenvalue weighted by Crippen LogP contribution is -2.28. The fourth-order valence-corrected chi connectivity index (χ4v) is 5.25. The molecule has 0 radical (unpaired) electrons. The van der Waals surface area contributed by atoms with Crippen LogP contribution in [0.25, 0.3) is 6.08 Å². The maximum absolute atomic E-state index is 13.6. The number of aliphatic imine (C=N–C) groups is 1. The summed E-state index contributed by atoms with van der Waals surface area (Å²) < 4.78 is 11.2. The van der Waals surface area contributed by atoms with E-state index in [-0.39, 0.29) is 35.3 Å². The Morgan fingerprint density at radius 2 is 1.64 bits per heavy atom. The Labute approximate surface area is 259 Å². The monoisotopic (exact) mass is 626 g/mol. The number of amidine groups is 1. The molecule has 0 saturated carbocycles. The lowest BCUT2D eigenvalue weighted by molar-refractivity contribution is -0.394. The molecule has 1 amide bonds. The number of hydrogen-bond donors (Lipinski definition) is 1. The molecule has 0 aliphatic carbocycles. The minimum Gasteiger partial charge on any atom is -0.493 e. The number of amides is 1. The second-order valence-electron chi connectivity index (χ2n) is 9.41. The molecule has 1 aliphatic heterocycles. The van der Waals surface area contributed by atoms with Gasteiger partial charge in [0.15, 0.2) is 16.7 Å². The van der Waals surface area contributed by atoms with Gasteiger partial charge in [0, 0.05) is 6.07 Å². The zero-order valence-corrected chi connectivity index (χ0v) is 24.2. The van der Waals surface area contributed by atoms with Gasteiger partial charge in [-0.3, -0.25) is 29.9 Å². The molecule has 13 nitrogen and oxygen atoms in total. The topological polar surface area (TPSA) is 175 Å². The van der Waals surface area contributed by atoms with Gasteiger partial charge in [0.05, 0.1) is 45.7 Å². The Morgan fingerprint density at radius 1 is 0.933 bits per heavy atom. The molecule has 0 unspecified atom stereocenters. The van der Waals surface area contributed by atoms with Crippen molar-refractivity contribution >= 4 is 51.9 Å². The molecule has 1 N–H and O–H groups in total. The van der Waals surface area contributed by atoms with Gasteiger partial charge in [-0.05, 0) is 71.4 Å². The van der Waals surface area contributed by atoms with Crippen molar-refractivity contribution in [2.24, 2.45) is 4.99 Å². The Balaban J connectivity index is 1.45. The molecule has 14 heteroatoms. The van der Waals surface area contributed by atoms with Crippen LogP contribution >= 0.6 is 11.8 Å². The summed E-state index contributed by atoms with van der Waals surface area (Å²) in [6, 6.07) is 23.1. The number of aromatic carboxylic acids is 1. The van der Waals surface area contributed by atoms with Crippen LogP contribution in [0, 0.1) is 20.2 Å². The number of methoxy groups -OCH3 is 1. The number of nitro groups is 2. The van der Waals surface area contributed by atoms with Crippen molar-refractivity contribution in [2.45, 2.75) is 6.54 Å². The molecule has 0 atom stereocenters. The van der Waals surface area contributed by atoms with E-state index in [1.165, 1.54) is 30.2 Å². The van der Waals surface area contributed by atoms with Crippen molar-refractivity contribution in [1.82, 2.24) is 4.90 Å². The minimum atomic E-state index is -1.05. The number of benzene rings is 4. The van der Waals surface area contributed by atoms with E-state index in [4.69, 9.17) is 9.47 Å². The fraction of sp³-hybridized carbons (Fsp3) is 0.0645. The number of non-ortho nitro benzene ring substituents is 1. The van der Waals surface area contributed by atoms with E-state index < -0.39 is 27.2 Å². The van der Waals surface area contributed by atoms with Crippen molar-refractivity contribution in [3.8, 4) is 17.2 Å². The Hall–Kier alpha value is -6.02. The molecule has 45 heavy (non-hydrogen) atoms. The van der Waals surface area contributed by atoms with Crippen LogP contribution in [0.5, 0.6) is 17.2 Å². The summed E-state index contributed by atoms with van der Waals surface area (Å²) in [5.41, 5.74) is 0.990. The number of carboxylic acids is 1. The average molecular weight is 627 g/mol. The van der Waals surface area contributed by atoms with Gasteiger partial charge in [0.1, 0.15) is 0 Å². The Morgan fingerprint density at radius 3 is 2.29 bits per heavy atom. The third-order valence-corrected chi connectivity index (χ3v) is 7.47. The largest absolute Gasteiger partial charge is 0.493 e. The quantitative estimate of drug-likeness (QED) is 0.112. The lowest BCUT2D eigenvalue weighted by atomic mass is 10.1. The molecule has 0 bridgehead atoms. The van der Waals surface area contributed by atoms with Crippen molar-refractivity contribution < 1.29 is 34.0 Å². The standard InChI is InChI=1S/C31H22N4O9S/c1-43-27-15-20(9-13-26(27)44-25-14-12-23(34(39)40)17-24(25)35(41)42)16-28-29(36)33(18-19-7-10-21(11-8-19)30(37)38)31(45-28)32-22-5-3-2-4-6-22/h2-17H,18H2,1H3,(H,37,38). The van der Waals surface area contributed by atoms with Crippen LogP contribution in [-0.4, -0.2) is 44.0 Å². The van der Waals surface area contributed by atoms with Gasteiger partial charge in [-0.2, -0.15) is 0 Å². The van der Waals surface area contributed by atoms with E-state index in [0.717, 1.165) is 30.0 Å². The number of para-hydroxylation sites is 1. The zero-order valence-electron chi connectivity index (χ0n) is 23.4. The second kappa shape index (κ2) is 13.1. The predicted octanol–water partition coefficient (Wildman–Crippen LogP) is 6.81. The Kier molecular flexibility index (Phi) is 8.86. The van der Waals surface area contributed by atoms with Crippen molar-refractivity contribution in [3.63, 3.8) is 0 Å². The van der Waals surface area contributed by atoms with Crippen LogP contribution in [0.1, 0.15) is 21.5 Å². The number of carboxylic acid groups (broad SMARTS) is 1. The van der Waals surface area contributed by atoms with Gasteiger partial charge in [-0.25, -0.2) is 9.79 Å². The predicted molar refractivity (Wildman–Crippen MR) is 166 cm³/mol. The van der Waals surface area contributed by atoms with Crippen LogP contribution in [-0.2, 0) is 11.3 Å². The maximum atomic E-state index is 13.6. The third kappa shape index (κ3) is 6.97. The highest BCUT2D eigenvalue weighted by molar-refractivity contribution is 8.18. The summed E-state index contributed by atoms with van der Waals surface area (Å²) in [6.45, 7) is 0.152. The van der Waals surface area contributed by atoms with Crippen molar-refractivity contribution in [3.05, 3.63) is 133 Å². The highest BCUT2D eigenvalue weighted by Gasteiger charge is 2.33. The molecule has 1 aliphatic rings. The maximum Gasteiger partial charge on any atom is 0.335 e. The SMILES string of the molecule is COc1cc(C=C2SC(=Nc3ccccc3)N(Cc3ccc(C(=O)O)cc3)C2=O)ccc1Oc1ccc([N+](=O)[O-])cc1[N+](=O)[O-]. The molecular weight excluding hydrogens is 604 g/mol. The summed E-state index contributed by atoms with van der Waals surface area (Å²) in [6.07, 6.45) is 1.64. The van der Waals surface area contributed by atoms with Crippen LogP contribution in [0.4, 0.5) is 17.1 Å². The molecule has 1 heterocycles. The summed E-state index contributed by atoms with van der Waals surface area (Å²) in [7, 11) is 1.38. The first kappa shape index (κ1) is 30.4. The first-order chi connectivity index (χ1) is 21.6. The summed E-state index contributed by atoms with van der Waals surface area (Å²) >= 11 is 1.16. The van der Waals surface area contributed by atoms with E-state index in [0.29, 0.717) is 26.9 Å². The van der Waals surface area contributed by atoms with Gasteiger partial charge in [-0.1, -0.05) is 36.4 Å². The van der Waals surface area contributed by atoms with Crippen LogP contribution in [0.15, 0.2) is 101 Å². The molecule has 4 aromatic rings. The molecule has 4 aromatic carbocycles. The van der Waals surface area contributed by atoms with Gasteiger partial charge in [-0.15, -0.1) is 0 Å². The summed E-state index contributed by atoms with van der Waals surface area (Å²) in [4.78, 5) is 52.5. The van der Waals surface area contributed by atoms with Gasteiger partial charge in [0.25, 0.3) is 11.6 Å². The van der Waals surface area contributed by atoms with E-state index >= 15 is 0 Å². The molecule has 226 valence electrons. The number of nitro benzene ring substituents is 2. The number of ether oxygens (including phenoxy) is 2. The molecule has 0 aromatic heterocycles. The average Bonchev–Trinajstić information content (AvgIpc) is 3.31. The van der Waals surface area contributed by atoms with E-state index in [9.17, 15) is 34.9 Å². The number of nitrogens with zero attached hydrogens (tertiary/aromatic N) is 4. The van der Waals surface area contributed by atoms with E-state index in [2.05, 4.69) is 4.99 Å². The first-order valence-corrected chi connectivity index (χ1v) is 13.9. The third-order valence-electron chi connectivity index (χ3n) is 6.47. The zero-order chi connectivity index (χ0) is 32.1. The van der Waals surface area contributed by atoms with Crippen molar-refractivity contribution in [2.75, 3.05) is 7.11 Å². The normalized spacial score (nSPS) is 14.5. The number of carbonyl (C=O) groups excluding carboxylic acids is 1. The summed E-state index contributed by atoms with van der Waals surface area (Å²) in [5.74, 6) is -1.28. The Bertz CT molecular complexity index is 1880. The highest BCUT2D eigenvalue weighted by atomic mass is 32.2. The van der Waals surface area contributed by atoms with E-state index in [1.807, 2.05) is 18.2 Å². The lowest BCUT2D eigenvalue weighted by Gasteiger charge is -2.16. The smallest absolute Gasteiger partial charge is 0.335 e. The summed E-state index contributed by atoms with van der Waals surface area (Å²) in [5, 5.41) is 32.2. The number of thioether (sulfide) groups is 1. The van der Waals surface area contributed by atoms with Crippen LogP contribution < -0.4 is 9.47 Å². The molecule has 5 rings (SSSR count). The number of rotatable bonds is 10. The second-order valence-corrected chi connectivity index (χ2v) is 10.4. The van der Waals surface area contributed by atoms with E-state index in [1.54, 1.807) is 42.5 Å². The number of carbonyl (C=O) groups is 2. The fourth-order valence-electron chi connectivity index (χ4n) is 4.26. The van der Waals surface area contributed by atoms with Crippen LogP contribution in [0.3, 0.4) is 0 Å². The van der Waals surface area contributed by atoms with Crippen LogP contribution in [0.2, 0.25) is 0 Å². The highest BCUT2D eigenvalue weighted by Crippen LogP contribution is 2.40. The molecular formula is C31H22N4O9S. The molecule has 0 spiro atoms. The molecule has 1 saturated heterocycles.